The van der Waals surface area contributed by atoms with Crippen molar-refractivity contribution in [3.8, 4) is 11.3 Å². The smallest absolute Gasteiger partial charge is 0.353 e. The molecule has 1 aliphatic heterocycles. The summed E-state index contributed by atoms with van der Waals surface area (Å²) in [6.07, 6.45) is 0.988. The van der Waals surface area contributed by atoms with E-state index < -0.39 is 0 Å². The number of aromatic nitrogens is 4. The first-order valence-electron chi connectivity index (χ1n) is 8.18. The van der Waals surface area contributed by atoms with Gasteiger partial charge < -0.3 is 10.5 Å². The molecule has 7 nitrogen and oxygen atoms in total. The van der Waals surface area contributed by atoms with Crippen molar-refractivity contribution in [2.75, 3.05) is 12.3 Å². The minimum atomic E-state index is -0.303. The summed E-state index contributed by atoms with van der Waals surface area (Å²) in [5, 5.41) is 4.48. The molecule has 0 amide bonds. The number of halogens is 1. The van der Waals surface area contributed by atoms with Crippen molar-refractivity contribution in [2.45, 2.75) is 26.0 Å². The lowest BCUT2D eigenvalue weighted by molar-refractivity contribution is 0.0759. The third kappa shape index (κ3) is 2.75. The van der Waals surface area contributed by atoms with Crippen LogP contribution in [-0.2, 0) is 11.3 Å². The van der Waals surface area contributed by atoms with Gasteiger partial charge in [0.15, 0.2) is 5.65 Å². The third-order valence-electron chi connectivity index (χ3n) is 4.64. The first-order valence-corrected chi connectivity index (χ1v) is 8.97. The van der Waals surface area contributed by atoms with Gasteiger partial charge in [0.2, 0.25) is 5.95 Å². The number of anilines is 1. The average molecular weight is 404 g/mol. The number of hydrogen-bond acceptors (Lipinski definition) is 5. The van der Waals surface area contributed by atoms with E-state index in [1.165, 1.54) is 9.08 Å². The molecule has 3 aromatic rings. The lowest BCUT2D eigenvalue weighted by Gasteiger charge is -2.12. The fraction of sp³-hybridized carbons (Fsp3) is 0.353. The van der Waals surface area contributed by atoms with E-state index in [0.717, 1.165) is 18.6 Å². The van der Waals surface area contributed by atoms with Crippen LogP contribution >= 0.6 is 15.9 Å². The van der Waals surface area contributed by atoms with Crippen LogP contribution in [0.2, 0.25) is 0 Å². The molecule has 25 heavy (non-hydrogen) atoms. The van der Waals surface area contributed by atoms with Crippen LogP contribution in [0.15, 0.2) is 39.6 Å². The molecular weight excluding hydrogens is 386 g/mol. The molecule has 8 heteroatoms. The van der Waals surface area contributed by atoms with E-state index in [4.69, 9.17) is 10.5 Å². The van der Waals surface area contributed by atoms with E-state index in [0.29, 0.717) is 28.3 Å². The molecule has 2 atom stereocenters. The van der Waals surface area contributed by atoms with Gasteiger partial charge in [-0.25, -0.2) is 18.9 Å². The number of nitrogens with zero attached hydrogens (tertiary/aromatic N) is 4. The number of ether oxygens (including phenoxy) is 1. The highest BCUT2D eigenvalue weighted by Crippen LogP contribution is 2.30. The molecule has 2 N–H and O–H groups in total. The maximum atomic E-state index is 12.7. The highest BCUT2D eigenvalue weighted by molar-refractivity contribution is 9.10. The second-order valence-corrected chi connectivity index (χ2v) is 7.09. The van der Waals surface area contributed by atoms with Crippen LogP contribution in [0.3, 0.4) is 0 Å². The van der Waals surface area contributed by atoms with Crippen LogP contribution in [-0.4, -0.2) is 31.9 Å². The van der Waals surface area contributed by atoms with Crippen LogP contribution in [0.4, 0.5) is 5.95 Å². The lowest BCUT2D eigenvalue weighted by Crippen LogP contribution is -2.30. The van der Waals surface area contributed by atoms with E-state index in [1.54, 1.807) is 0 Å². The van der Waals surface area contributed by atoms with Crippen molar-refractivity contribution in [3.63, 3.8) is 0 Å². The third-order valence-corrected chi connectivity index (χ3v) is 5.37. The van der Waals surface area contributed by atoms with E-state index in [1.807, 2.05) is 30.3 Å². The SMILES string of the molecule is CC1CCOC1Cn1nc2c(Br)c(-c3ccccc3)nc(N)n2c1=O. The van der Waals surface area contributed by atoms with Crippen molar-refractivity contribution in [1.29, 1.82) is 0 Å². The van der Waals surface area contributed by atoms with Crippen molar-refractivity contribution in [3.05, 3.63) is 45.3 Å². The summed E-state index contributed by atoms with van der Waals surface area (Å²) < 4.78 is 9.09. The Morgan fingerprint density at radius 3 is 2.80 bits per heavy atom. The highest BCUT2D eigenvalue weighted by Gasteiger charge is 2.27. The first kappa shape index (κ1) is 16.3. The van der Waals surface area contributed by atoms with Crippen LogP contribution in [0.25, 0.3) is 16.9 Å². The summed E-state index contributed by atoms with van der Waals surface area (Å²) in [5.41, 5.74) is 7.78. The van der Waals surface area contributed by atoms with Crippen LogP contribution in [0.5, 0.6) is 0 Å². The van der Waals surface area contributed by atoms with Gasteiger partial charge in [0.1, 0.15) is 0 Å². The Morgan fingerprint density at radius 1 is 1.36 bits per heavy atom. The van der Waals surface area contributed by atoms with Gasteiger partial charge in [0, 0.05) is 12.2 Å². The molecule has 1 saturated heterocycles. The molecule has 2 aromatic heterocycles. The van der Waals surface area contributed by atoms with Crippen LogP contribution in [0, 0.1) is 5.92 Å². The molecule has 1 aromatic carbocycles. The Morgan fingerprint density at radius 2 is 2.12 bits per heavy atom. The summed E-state index contributed by atoms with van der Waals surface area (Å²) in [4.78, 5) is 17.1. The number of nitrogen functional groups attached to an aromatic ring is 1. The standard InChI is InChI=1S/C17H18BrN5O2/c1-10-7-8-25-12(10)9-22-17(24)23-15(21-22)13(18)14(20-16(23)19)11-5-3-2-4-6-11/h2-6,10,12H,7-9H2,1H3,(H2,19,20). The Balaban J connectivity index is 1.84. The maximum Gasteiger partial charge on any atom is 0.353 e. The molecule has 4 rings (SSSR count). The quantitative estimate of drug-likeness (QED) is 0.724. The van der Waals surface area contributed by atoms with Gasteiger partial charge in [-0.2, -0.15) is 0 Å². The van der Waals surface area contributed by atoms with E-state index in [9.17, 15) is 4.79 Å². The van der Waals surface area contributed by atoms with E-state index in [-0.39, 0.29) is 17.7 Å². The molecule has 1 aliphatic rings. The molecule has 0 bridgehead atoms. The van der Waals surface area contributed by atoms with Gasteiger partial charge in [-0.3, -0.25) is 0 Å². The molecule has 1 fully saturated rings. The number of benzene rings is 1. The largest absolute Gasteiger partial charge is 0.376 e. The zero-order valence-electron chi connectivity index (χ0n) is 13.7. The predicted molar refractivity (Wildman–Crippen MR) is 98.3 cm³/mol. The predicted octanol–water partition coefficient (Wildman–Crippen LogP) is 2.33. The summed E-state index contributed by atoms with van der Waals surface area (Å²) in [7, 11) is 0. The highest BCUT2D eigenvalue weighted by atomic mass is 79.9. The van der Waals surface area contributed by atoms with Gasteiger partial charge in [-0.05, 0) is 28.3 Å². The Hall–Kier alpha value is -2.19. The lowest BCUT2D eigenvalue weighted by atomic mass is 10.0. The van der Waals surface area contributed by atoms with Gasteiger partial charge in [0.25, 0.3) is 0 Å². The summed E-state index contributed by atoms with van der Waals surface area (Å²) in [6, 6.07) is 9.65. The zero-order valence-corrected chi connectivity index (χ0v) is 15.3. The molecule has 3 heterocycles. The second kappa shape index (κ2) is 6.27. The minimum absolute atomic E-state index is 0.0100. The van der Waals surface area contributed by atoms with Crippen LogP contribution < -0.4 is 11.4 Å². The van der Waals surface area contributed by atoms with Gasteiger partial charge in [-0.15, -0.1) is 5.10 Å². The maximum absolute atomic E-state index is 12.7. The van der Waals surface area contributed by atoms with E-state index >= 15 is 0 Å². The van der Waals surface area contributed by atoms with Crippen LogP contribution in [0.1, 0.15) is 13.3 Å². The molecule has 0 saturated carbocycles. The van der Waals surface area contributed by atoms with Gasteiger partial charge in [-0.1, -0.05) is 37.3 Å². The monoisotopic (exact) mass is 403 g/mol. The Bertz CT molecular complexity index is 982. The molecule has 0 radical (unpaired) electrons. The second-order valence-electron chi connectivity index (χ2n) is 6.30. The fourth-order valence-corrected chi connectivity index (χ4v) is 3.71. The van der Waals surface area contributed by atoms with E-state index in [2.05, 4.69) is 32.9 Å². The summed E-state index contributed by atoms with van der Waals surface area (Å²) >= 11 is 3.54. The number of fused-ring (bicyclic) bond motifs is 1. The fourth-order valence-electron chi connectivity index (χ4n) is 3.14. The number of hydrogen-bond donors (Lipinski definition) is 1. The molecule has 130 valence electrons. The van der Waals surface area contributed by atoms with Crippen molar-refractivity contribution in [2.24, 2.45) is 5.92 Å². The van der Waals surface area contributed by atoms with Gasteiger partial charge >= 0.3 is 5.69 Å². The molecule has 0 spiro atoms. The van der Waals surface area contributed by atoms with Gasteiger partial charge in [0.05, 0.1) is 22.8 Å². The molecule has 2 unspecified atom stereocenters. The summed E-state index contributed by atoms with van der Waals surface area (Å²) in [6.45, 7) is 3.26. The zero-order chi connectivity index (χ0) is 17.6. The minimum Gasteiger partial charge on any atom is -0.376 e. The Kier molecular flexibility index (Phi) is 4.09. The number of rotatable bonds is 3. The normalized spacial score (nSPS) is 20.4. The number of nitrogens with two attached hydrogens (primary N) is 1. The van der Waals surface area contributed by atoms with Crippen molar-refractivity contribution in [1.82, 2.24) is 19.2 Å². The molecular formula is C17H18BrN5O2. The van der Waals surface area contributed by atoms with Crippen molar-refractivity contribution >= 4 is 27.5 Å². The topological polar surface area (TPSA) is 87.4 Å². The molecule has 0 aliphatic carbocycles. The van der Waals surface area contributed by atoms with Crippen molar-refractivity contribution < 1.29 is 4.74 Å². The Labute approximate surface area is 152 Å². The first-order chi connectivity index (χ1) is 12.1. The average Bonchev–Trinajstić information content (AvgIpc) is 3.17. The summed E-state index contributed by atoms with van der Waals surface area (Å²) in [5.74, 6) is 0.518.